The number of nitrogens with one attached hydrogen (secondary N) is 1. The van der Waals surface area contributed by atoms with Gasteiger partial charge in [0.2, 0.25) is 6.04 Å². The molecule has 0 bridgehead atoms. The molecule has 11 heavy (non-hydrogen) atoms. The van der Waals surface area contributed by atoms with Gasteiger partial charge in [-0.25, -0.2) is 9.59 Å². The minimum absolute atomic E-state index is 0.0523. The molecule has 0 aromatic heterocycles. The molecule has 6 heteroatoms. The number of hydrogen-bond acceptors (Lipinski definition) is 4. The molecule has 0 unspecified atom stereocenters. The van der Waals surface area contributed by atoms with E-state index >= 15 is 0 Å². The first kappa shape index (κ1) is 9.86. The van der Waals surface area contributed by atoms with Crippen molar-refractivity contribution in [2.75, 3.05) is 13.2 Å². The molecule has 6 nitrogen and oxygen atoms in total. The lowest BCUT2D eigenvalue weighted by Crippen LogP contribution is -2.44. The standard InChI is InChI=1S/C5H9NO5/c7-2-1-6-3(4(8)9)5(10)11/h3,6-7H,1-2H2,(H,8,9)(H,10,11). The van der Waals surface area contributed by atoms with Crippen LogP contribution in [0.3, 0.4) is 0 Å². The Balaban J connectivity index is 3.90. The molecule has 0 spiro atoms. The molecule has 0 radical (unpaired) electrons. The summed E-state index contributed by atoms with van der Waals surface area (Å²) < 4.78 is 0. The number of rotatable bonds is 5. The largest absolute Gasteiger partial charge is 0.480 e. The summed E-state index contributed by atoms with van der Waals surface area (Å²) in [6, 6.07) is -1.64. The van der Waals surface area contributed by atoms with Gasteiger partial charge in [-0.05, 0) is 0 Å². The first-order chi connectivity index (χ1) is 5.09. The maximum absolute atomic E-state index is 10.1. The fourth-order valence-corrected chi connectivity index (χ4v) is 0.489. The van der Waals surface area contributed by atoms with Gasteiger partial charge in [0.05, 0.1) is 6.61 Å². The average molecular weight is 163 g/mol. The molecule has 0 aromatic carbocycles. The van der Waals surface area contributed by atoms with E-state index in [-0.39, 0.29) is 13.2 Å². The van der Waals surface area contributed by atoms with Gasteiger partial charge in [-0.2, -0.15) is 0 Å². The van der Waals surface area contributed by atoms with Crippen molar-refractivity contribution in [2.24, 2.45) is 0 Å². The summed E-state index contributed by atoms with van der Waals surface area (Å²) in [5.74, 6) is -2.93. The fourth-order valence-electron chi connectivity index (χ4n) is 0.489. The molecule has 0 rings (SSSR count). The van der Waals surface area contributed by atoms with Crippen molar-refractivity contribution in [3.05, 3.63) is 0 Å². The second-order valence-corrected chi connectivity index (χ2v) is 1.79. The molecule has 0 heterocycles. The highest BCUT2D eigenvalue weighted by Crippen LogP contribution is 1.82. The van der Waals surface area contributed by atoms with Gasteiger partial charge in [0.25, 0.3) is 0 Å². The SMILES string of the molecule is O=C(O)C(NCCO)C(=O)O. The summed E-state index contributed by atoms with van der Waals surface area (Å²) in [5, 5.41) is 26.8. The minimum atomic E-state index is -1.64. The van der Waals surface area contributed by atoms with Crippen molar-refractivity contribution in [1.29, 1.82) is 0 Å². The number of carboxylic acids is 2. The van der Waals surface area contributed by atoms with Crippen LogP contribution in [0.4, 0.5) is 0 Å². The topological polar surface area (TPSA) is 107 Å². The summed E-state index contributed by atoms with van der Waals surface area (Å²) in [7, 11) is 0. The van der Waals surface area contributed by atoms with E-state index in [4.69, 9.17) is 15.3 Å². The Morgan fingerprint density at radius 1 is 1.27 bits per heavy atom. The fraction of sp³-hybridized carbons (Fsp3) is 0.600. The summed E-state index contributed by atoms with van der Waals surface area (Å²) in [6.45, 7) is -0.347. The Kier molecular flexibility index (Phi) is 4.16. The quantitative estimate of drug-likeness (QED) is 0.353. The smallest absolute Gasteiger partial charge is 0.332 e. The van der Waals surface area contributed by atoms with Gasteiger partial charge in [0.1, 0.15) is 0 Å². The third-order valence-electron chi connectivity index (χ3n) is 0.954. The van der Waals surface area contributed by atoms with Gasteiger partial charge in [0, 0.05) is 6.54 Å². The lowest BCUT2D eigenvalue weighted by Gasteiger charge is -2.07. The molecule has 0 aromatic rings. The number of carboxylic acid groups (broad SMARTS) is 2. The second kappa shape index (κ2) is 4.64. The normalized spacial score (nSPS) is 10.0. The van der Waals surface area contributed by atoms with E-state index in [0.29, 0.717) is 0 Å². The predicted molar refractivity (Wildman–Crippen MR) is 34.1 cm³/mol. The zero-order valence-corrected chi connectivity index (χ0v) is 5.65. The van der Waals surface area contributed by atoms with E-state index in [1.165, 1.54) is 0 Å². The molecule has 0 fully saturated rings. The van der Waals surface area contributed by atoms with E-state index in [2.05, 4.69) is 5.32 Å². The Bertz CT molecular complexity index is 143. The maximum atomic E-state index is 10.1. The summed E-state index contributed by atoms with van der Waals surface area (Å²) >= 11 is 0. The van der Waals surface area contributed by atoms with Crippen LogP contribution in [0.5, 0.6) is 0 Å². The maximum Gasteiger partial charge on any atom is 0.332 e. The van der Waals surface area contributed by atoms with Crippen LogP contribution >= 0.6 is 0 Å². The van der Waals surface area contributed by atoms with Gasteiger partial charge in [-0.1, -0.05) is 0 Å². The van der Waals surface area contributed by atoms with Crippen LogP contribution in [-0.2, 0) is 9.59 Å². The monoisotopic (exact) mass is 163 g/mol. The van der Waals surface area contributed by atoms with Crippen molar-refractivity contribution in [3.63, 3.8) is 0 Å². The highest BCUT2D eigenvalue weighted by Gasteiger charge is 2.24. The number of hydrogen-bond donors (Lipinski definition) is 4. The van der Waals surface area contributed by atoms with Crippen LogP contribution in [0.25, 0.3) is 0 Å². The molecular weight excluding hydrogens is 154 g/mol. The molecule has 0 amide bonds. The minimum Gasteiger partial charge on any atom is -0.480 e. The lowest BCUT2D eigenvalue weighted by atomic mass is 10.3. The molecule has 4 N–H and O–H groups in total. The van der Waals surface area contributed by atoms with E-state index in [1.54, 1.807) is 0 Å². The van der Waals surface area contributed by atoms with Crippen LogP contribution in [0, 0.1) is 0 Å². The number of carbonyl (C=O) groups is 2. The second-order valence-electron chi connectivity index (χ2n) is 1.79. The lowest BCUT2D eigenvalue weighted by molar-refractivity contribution is -0.151. The highest BCUT2D eigenvalue weighted by atomic mass is 16.4. The molecule has 0 atom stereocenters. The van der Waals surface area contributed by atoms with E-state index < -0.39 is 18.0 Å². The first-order valence-electron chi connectivity index (χ1n) is 2.89. The van der Waals surface area contributed by atoms with Crippen molar-refractivity contribution in [2.45, 2.75) is 6.04 Å². The third-order valence-corrected chi connectivity index (χ3v) is 0.954. The van der Waals surface area contributed by atoms with Crippen molar-refractivity contribution in [1.82, 2.24) is 5.32 Å². The third kappa shape index (κ3) is 3.54. The predicted octanol–water partition coefficient (Wildman–Crippen LogP) is -1.89. The Hall–Kier alpha value is -1.14. The molecule has 0 aliphatic rings. The number of aliphatic hydroxyl groups excluding tert-OH is 1. The number of aliphatic hydroxyl groups is 1. The number of aliphatic carboxylic acids is 2. The van der Waals surface area contributed by atoms with Crippen LogP contribution in [0.2, 0.25) is 0 Å². The molecular formula is C5H9NO5. The van der Waals surface area contributed by atoms with Crippen LogP contribution in [0.15, 0.2) is 0 Å². The van der Waals surface area contributed by atoms with Gasteiger partial charge in [0.15, 0.2) is 0 Å². The van der Waals surface area contributed by atoms with Crippen molar-refractivity contribution >= 4 is 11.9 Å². The Morgan fingerprint density at radius 2 is 1.73 bits per heavy atom. The van der Waals surface area contributed by atoms with E-state index in [1.807, 2.05) is 0 Å². The summed E-state index contributed by atoms with van der Waals surface area (Å²) in [6.07, 6.45) is 0. The zero-order valence-electron chi connectivity index (χ0n) is 5.65. The first-order valence-corrected chi connectivity index (χ1v) is 2.89. The highest BCUT2D eigenvalue weighted by molar-refractivity contribution is 5.97. The van der Waals surface area contributed by atoms with E-state index in [0.717, 1.165) is 0 Å². The molecule has 0 saturated heterocycles. The summed E-state index contributed by atoms with van der Waals surface area (Å²) in [4.78, 5) is 20.2. The average Bonchev–Trinajstić information content (AvgIpc) is 1.87. The summed E-state index contributed by atoms with van der Waals surface area (Å²) in [5.41, 5.74) is 0. The zero-order chi connectivity index (χ0) is 8.85. The van der Waals surface area contributed by atoms with Crippen LogP contribution in [0.1, 0.15) is 0 Å². The van der Waals surface area contributed by atoms with Gasteiger partial charge in [-0.3, -0.25) is 5.32 Å². The van der Waals surface area contributed by atoms with Gasteiger partial charge >= 0.3 is 11.9 Å². The molecule has 0 aliphatic carbocycles. The van der Waals surface area contributed by atoms with Gasteiger partial charge in [-0.15, -0.1) is 0 Å². The molecule has 64 valence electrons. The van der Waals surface area contributed by atoms with Gasteiger partial charge < -0.3 is 15.3 Å². The van der Waals surface area contributed by atoms with Crippen LogP contribution in [-0.4, -0.2) is 46.5 Å². The van der Waals surface area contributed by atoms with Crippen molar-refractivity contribution < 1.29 is 24.9 Å². The van der Waals surface area contributed by atoms with E-state index in [9.17, 15) is 9.59 Å². The van der Waals surface area contributed by atoms with Crippen LogP contribution < -0.4 is 5.32 Å². The van der Waals surface area contributed by atoms with Crippen molar-refractivity contribution in [3.8, 4) is 0 Å². The Labute approximate surface area is 62.5 Å². The Morgan fingerprint density at radius 3 is 2.00 bits per heavy atom. The molecule has 0 saturated carbocycles. The molecule has 0 aliphatic heterocycles.